The second-order valence-corrected chi connectivity index (χ2v) is 4.74. The zero-order valence-corrected chi connectivity index (χ0v) is 12.7. The number of nitrogens with zero attached hydrogens (tertiary/aromatic N) is 2. The summed E-state index contributed by atoms with van der Waals surface area (Å²) < 4.78 is 4.66. The summed E-state index contributed by atoms with van der Waals surface area (Å²) in [5.41, 5.74) is 7.06. The molecule has 0 aliphatic rings. The Kier molecular flexibility index (Phi) is 6.33. The van der Waals surface area contributed by atoms with Crippen LogP contribution >= 0.6 is 12.4 Å². The highest BCUT2D eigenvalue weighted by atomic mass is 35.5. The molecular weight excluding hydrogens is 292 g/mol. The first kappa shape index (κ1) is 17.1. The van der Waals surface area contributed by atoms with E-state index in [0.29, 0.717) is 5.82 Å². The van der Waals surface area contributed by atoms with Gasteiger partial charge in [-0.2, -0.15) is 4.98 Å². The number of nitrogens with two attached hydrogens (primary N) is 1. The van der Waals surface area contributed by atoms with Gasteiger partial charge >= 0.3 is 0 Å². The van der Waals surface area contributed by atoms with Crippen LogP contribution < -0.4 is 11.1 Å². The molecule has 0 saturated heterocycles. The Morgan fingerprint density at radius 3 is 2.52 bits per heavy atom. The molecule has 0 fully saturated rings. The van der Waals surface area contributed by atoms with E-state index in [2.05, 4.69) is 20.0 Å². The molecule has 0 radical (unpaired) electrons. The molecular formula is C14H19ClN4O2. The van der Waals surface area contributed by atoms with Crippen molar-refractivity contribution in [2.45, 2.75) is 25.9 Å². The Hall–Kier alpha value is -1.92. The highest BCUT2D eigenvalue weighted by molar-refractivity contribution is 5.85. The number of hydrogen-bond donors (Lipinski definition) is 2. The lowest BCUT2D eigenvalue weighted by molar-refractivity contribution is -0.125. The van der Waals surface area contributed by atoms with E-state index in [0.717, 1.165) is 5.56 Å². The van der Waals surface area contributed by atoms with Crippen LogP contribution in [0.2, 0.25) is 0 Å². The lowest BCUT2D eigenvalue weighted by Gasteiger charge is -2.21. The topological polar surface area (TPSA) is 94.0 Å². The number of carbonyl (C=O) groups excluding carboxylic acids is 1. The first-order valence-electron chi connectivity index (χ1n) is 6.46. The van der Waals surface area contributed by atoms with E-state index >= 15 is 0 Å². The van der Waals surface area contributed by atoms with Gasteiger partial charge in [-0.1, -0.05) is 42.4 Å². The van der Waals surface area contributed by atoms with Gasteiger partial charge in [-0.15, -0.1) is 12.4 Å². The van der Waals surface area contributed by atoms with Crippen LogP contribution in [0.15, 0.2) is 41.2 Å². The molecule has 0 saturated carbocycles. The Balaban J connectivity index is 0.00000220. The van der Waals surface area contributed by atoms with Crippen LogP contribution in [0.5, 0.6) is 0 Å². The fourth-order valence-electron chi connectivity index (χ4n) is 1.91. The summed E-state index contributed by atoms with van der Waals surface area (Å²) in [5.74, 6) is -0.0516. The van der Waals surface area contributed by atoms with Crippen molar-refractivity contribution in [2.75, 3.05) is 0 Å². The smallest absolute Gasteiger partial charge is 0.225 e. The number of nitrogens with one attached hydrogen (secondary N) is 1. The number of hydrogen-bond acceptors (Lipinski definition) is 5. The van der Waals surface area contributed by atoms with E-state index < -0.39 is 0 Å². The SMILES string of the molecule is CC(NC(=O)C(C)C(N)c1ccccc1)c1ncon1.Cl. The molecule has 0 bridgehead atoms. The number of rotatable bonds is 5. The second-order valence-electron chi connectivity index (χ2n) is 4.74. The lowest BCUT2D eigenvalue weighted by Crippen LogP contribution is -2.37. The predicted molar refractivity (Wildman–Crippen MR) is 80.6 cm³/mol. The fourth-order valence-corrected chi connectivity index (χ4v) is 1.91. The third-order valence-corrected chi connectivity index (χ3v) is 3.26. The molecule has 2 rings (SSSR count). The fraction of sp³-hybridized carbons (Fsp3) is 0.357. The Morgan fingerprint density at radius 1 is 1.29 bits per heavy atom. The molecule has 1 aromatic carbocycles. The quantitative estimate of drug-likeness (QED) is 0.881. The minimum Gasteiger partial charge on any atom is -0.346 e. The maximum Gasteiger partial charge on any atom is 0.225 e. The van der Waals surface area contributed by atoms with Crippen molar-refractivity contribution < 1.29 is 9.32 Å². The average molecular weight is 311 g/mol. The van der Waals surface area contributed by atoms with Crippen LogP contribution in [0.4, 0.5) is 0 Å². The van der Waals surface area contributed by atoms with Gasteiger partial charge in [0, 0.05) is 6.04 Å². The molecule has 2 aromatic rings. The molecule has 6 nitrogen and oxygen atoms in total. The molecule has 7 heteroatoms. The van der Waals surface area contributed by atoms with Crippen molar-refractivity contribution in [2.24, 2.45) is 11.7 Å². The molecule has 114 valence electrons. The maximum atomic E-state index is 12.2. The van der Waals surface area contributed by atoms with Gasteiger partial charge in [0.05, 0.1) is 12.0 Å². The van der Waals surface area contributed by atoms with Gasteiger partial charge in [-0.05, 0) is 12.5 Å². The monoisotopic (exact) mass is 310 g/mol. The summed E-state index contributed by atoms with van der Waals surface area (Å²) in [6.45, 7) is 3.60. The van der Waals surface area contributed by atoms with Crippen LogP contribution in [-0.2, 0) is 4.79 Å². The van der Waals surface area contributed by atoms with Crippen LogP contribution in [0.25, 0.3) is 0 Å². The minimum absolute atomic E-state index is 0. The summed E-state index contributed by atoms with van der Waals surface area (Å²) in [6, 6.07) is 8.89. The van der Waals surface area contributed by atoms with Gasteiger partial charge in [-0.3, -0.25) is 4.79 Å². The van der Waals surface area contributed by atoms with Crippen molar-refractivity contribution >= 4 is 18.3 Å². The van der Waals surface area contributed by atoms with Crippen molar-refractivity contribution in [3.8, 4) is 0 Å². The largest absolute Gasteiger partial charge is 0.346 e. The Bertz CT molecular complexity index is 547. The number of aromatic nitrogens is 2. The van der Waals surface area contributed by atoms with E-state index in [4.69, 9.17) is 5.73 Å². The number of amides is 1. The van der Waals surface area contributed by atoms with Crippen molar-refractivity contribution in [1.29, 1.82) is 0 Å². The molecule has 0 spiro atoms. The first-order chi connectivity index (χ1) is 9.59. The summed E-state index contributed by atoms with van der Waals surface area (Å²) in [6.07, 6.45) is 1.23. The zero-order chi connectivity index (χ0) is 14.5. The third kappa shape index (κ3) is 4.27. The standard InChI is InChI=1S/C14H18N4O2.ClH/c1-9(12(15)11-6-4-3-5-7-11)14(19)17-10(2)13-16-8-20-18-13;/h3-10,12H,15H2,1-2H3,(H,17,19);1H. The second kappa shape index (κ2) is 7.75. The van der Waals surface area contributed by atoms with E-state index in [9.17, 15) is 4.79 Å². The number of benzene rings is 1. The van der Waals surface area contributed by atoms with Crippen LogP contribution in [0, 0.1) is 5.92 Å². The number of halogens is 1. The summed E-state index contributed by atoms with van der Waals surface area (Å²) in [4.78, 5) is 16.1. The summed E-state index contributed by atoms with van der Waals surface area (Å²) in [7, 11) is 0. The minimum atomic E-state index is -0.355. The average Bonchev–Trinajstić information content (AvgIpc) is 3.01. The highest BCUT2D eigenvalue weighted by Gasteiger charge is 2.24. The molecule has 1 aromatic heterocycles. The third-order valence-electron chi connectivity index (χ3n) is 3.26. The molecule has 1 amide bonds. The van der Waals surface area contributed by atoms with Crippen molar-refractivity contribution in [1.82, 2.24) is 15.5 Å². The summed E-state index contributed by atoms with van der Waals surface area (Å²) >= 11 is 0. The van der Waals surface area contributed by atoms with Crippen molar-refractivity contribution in [3.05, 3.63) is 48.1 Å². The van der Waals surface area contributed by atoms with E-state index in [1.807, 2.05) is 30.3 Å². The normalized spacial score (nSPS) is 14.6. The van der Waals surface area contributed by atoms with Crippen LogP contribution in [0.3, 0.4) is 0 Å². The van der Waals surface area contributed by atoms with Gasteiger partial charge < -0.3 is 15.6 Å². The van der Waals surface area contributed by atoms with Crippen molar-refractivity contribution in [3.63, 3.8) is 0 Å². The van der Waals surface area contributed by atoms with E-state index in [1.165, 1.54) is 6.39 Å². The maximum absolute atomic E-state index is 12.2. The van der Waals surface area contributed by atoms with Gasteiger partial charge in [-0.25, -0.2) is 0 Å². The van der Waals surface area contributed by atoms with Gasteiger partial charge in [0.1, 0.15) is 0 Å². The van der Waals surface area contributed by atoms with Gasteiger partial charge in [0.25, 0.3) is 0 Å². The Labute approximate surface area is 129 Å². The molecule has 0 aliphatic carbocycles. The summed E-state index contributed by atoms with van der Waals surface area (Å²) in [5, 5.41) is 6.53. The molecule has 0 aliphatic heterocycles. The molecule has 1 heterocycles. The van der Waals surface area contributed by atoms with Gasteiger partial charge in [0.2, 0.25) is 12.3 Å². The Morgan fingerprint density at radius 2 is 1.95 bits per heavy atom. The van der Waals surface area contributed by atoms with Crippen LogP contribution in [0.1, 0.15) is 37.3 Å². The van der Waals surface area contributed by atoms with E-state index in [-0.39, 0.29) is 36.3 Å². The molecule has 3 N–H and O–H groups in total. The molecule has 3 atom stereocenters. The molecule has 3 unspecified atom stereocenters. The van der Waals surface area contributed by atoms with E-state index in [1.54, 1.807) is 13.8 Å². The highest BCUT2D eigenvalue weighted by Crippen LogP contribution is 2.20. The van der Waals surface area contributed by atoms with Gasteiger partial charge in [0.15, 0.2) is 5.82 Å². The predicted octanol–water partition coefficient (Wildman–Crippen LogP) is 2.00. The first-order valence-corrected chi connectivity index (χ1v) is 6.46. The zero-order valence-electron chi connectivity index (χ0n) is 11.9. The number of carbonyl (C=O) groups is 1. The molecule has 21 heavy (non-hydrogen) atoms. The van der Waals surface area contributed by atoms with Crippen LogP contribution in [-0.4, -0.2) is 16.0 Å². The lowest BCUT2D eigenvalue weighted by atomic mass is 9.94.